The van der Waals surface area contributed by atoms with E-state index in [-0.39, 0.29) is 11.3 Å². The summed E-state index contributed by atoms with van der Waals surface area (Å²) in [5.74, 6) is 0.993. The molecule has 3 aromatic rings. The molecule has 0 atom stereocenters. The van der Waals surface area contributed by atoms with E-state index in [9.17, 15) is 9.90 Å². The Hall–Kier alpha value is -2.88. The van der Waals surface area contributed by atoms with Crippen LogP contribution in [0.15, 0.2) is 53.3 Å². The van der Waals surface area contributed by atoms with Crippen molar-refractivity contribution < 1.29 is 5.11 Å². The second-order valence-corrected chi connectivity index (χ2v) is 7.15. The number of hydrogen-bond acceptors (Lipinski definition) is 3. The maximum absolute atomic E-state index is 13.3. The molecular weight excluding hydrogens is 336 g/mol. The highest BCUT2D eigenvalue weighted by molar-refractivity contribution is 5.66. The average Bonchev–Trinajstić information content (AvgIpc) is 2.65. The summed E-state index contributed by atoms with van der Waals surface area (Å²) < 4.78 is 1.62. The first-order valence-electron chi connectivity index (χ1n) is 9.45. The van der Waals surface area contributed by atoms with Gasteiger partial charge in [-0.15, -0.1) is 0 Å². The summed E-state index contributed by atoms with van der Waals surface area (Å²) in [6.45, 7) is 8.20. The summed E-state index contributed by atoms with van der Waals surface area (Å²) in [4.78, 5) is 18.1. The molecule has 0 unspecified atom stereocenters. The summed E-state index contributed by atoms with van der Waals surface area (Å²) in [5.41, 5.74) is 3.89. The fourth-order valence-electron chi connectivity index (χ4n) is 3.29. The van der Waals surface area contributed by atoms with Crippen LogP contribution in [0.5, 0.6) is 5.75 Å². The van der Waals surface area contributed by atoms with Crippen molar-refractivity contribution in [3.8, 4) is 22.8 Å². The molecule has 0 saturated carbocycles. The van der Waals surface area contributed by atoms with E-state index < -0.39 is 0 Å². The molecule has 1 heterocycles. The van der Waals surface area contributed by atoms with Crippen LogP contribution in [0.1, 0.15) is 49.9 Å². The van der Waals surface area contributed by atoms with Crippen molar-refractivity contribution in [2.24, 2.45) is 0 Å². The number of phenols is 1. The predicted molar refractivity (Wildman–Crippen MR) is 110 cm³/mol. The number of rotatable bonds is 5. The molecule has 0 spiro atoms. The molecule has 3 rings (SSSR count). The van der Waals surface area contributed by atoms with Crippen molar-refractivity contribution in [1.82, 2.24) is 9.55 Å². The highest BCUT2D eigenvalue weighted by atomic mass is 16.3. The van der Waals surface area contributed by atoms with Gasteiger partial charge in [0.05, 0.1) is 11.3 Å². The Balaban J connectivity index is 2.31. The van der Waals surface area contributed by atoms with E-state index in [2.05, 4.69) is 20.8 Å². The molecule has 0 radical (unpaired) electrons. The molecule has 0 aliphatic rings. The first-order valence-corrected chi connectivity index (χ1v) is 9.45. The van der Waals surface area contributed by atoms with Crippen LogP contribution in [0.4, 0.5) is 0 Å². The van der Waals surface area contributed by atoms with E-state index in [0.717, 1.165) is 23.4 Å². The maximum Gasteiger partial charge on any atom is 0.261 e. The Labute approximate surface area is 160 Å². The summed E-state index contributed by atoms with van der Waals surface area (Å²) >= 11 is 0. The number of nitrogens with zero attached hydrogens (tertiary/aromatic N) is 2. The molecule has 0 aliphatic heterocycles. The largest absolute Gasteiger partial charge is 0.507 e. The number of benzene rings is 2. The van der Waals surface area contributed by atoms with Crippen LogP contribution in [-0.4, -0.2) is 14.7 Å². The molecular formula is C23H26N2O2. The van der Waals surface area contributed by atoms with Gasteiger partial charge in [0.1, 0.15) is 5.75 Å². The lowest BCUT2D eigenvalue weighted by atomic mass is 10.0. The lowest BCUT2D eigenvalue weighted by Gasteiger charge is -2.17. The second kappa shape index (κ2) is 7.78. The van der Waals surface area contributed by atoms with E-state index in [0.29, 0.717) is 23.7 Å². The van der Waals surface area contributed by atoms with Crippen molar-refractivity contribution >= 4 is 0 Å². The third-order valence-corrected chi connectivity index (χ3v) is 4.85. The van der Waals surface area contributed by atoms with Gasteiger partial charge in [-0.2, -0.15) is 0 Å². The van der Waals surface area contributed by atoms with E-state index in [1.165, 1.54) is 5.56 Å². The monoisotopic (exact) mass is 362 g/mol. The van der Waals surface area contributed by atoms with Crippen LogP contribution in [0.3, 0.4) is 0 Å². The van der Waals surface area contributed by atoms with Gasteiger partial charge in [-0.3, -0.25) is 9.36 Å². The van der Waals surface area contributed by atoms with Crippen molar-refractivity contribution in [2.75, 3.05) is 0 Å². The molecule has 1 N–H and O–H groups in total. The number of aromatic nitrogens is 2. The van der Waals surface area contributed by atoms with Gasteiger partial charge in [-0.1, -0.05) is 51.5 Å². The zero-order chi connectivity index (χ0) is 19.6. The van der Waals surface area contributed by atoms with Crippen molar-refractivity contribution in [3.63, 3.8) is 0 Å². The minimum absolute atomic E-state index is 0.0695. The first kappa shape index (κ1) is 18.9. The van der Waals surface area contributed by atoms with Crippen molar-refractivity contribution in [3.05, 3.63) is 75.7 Å². The Kier molecular flexibility index (Phi) is 5.45. The fraction of sp³-hybridized carbons (Fsp3) is 0.304. The van der Waals surface area contributed by atoms with Crippen molar-refractivity contribution in [1.29, 1.82) is 0 Å². The molecule has 0 bridgehead atoms. The lowest BCUT2D eigenvalue weighted by molar-refractivity contribution is 0.476. The normalized spacial score (nSPS) is 11.1. The number of para-hydroxylation sites is 1. The highest BCUT2D eigenvalue weighted by Gasteiger charge is 2.18. The summed E-state index contributed by atoms with van der Waals surface area (Å²) in [6.07, 6.45) is 1.56. The Bertz CT molecular complexity index is 1000. The van der Waals surface area contributed by atoms with Crippen LogP contribution in [0, 0.1) is 6.92 Å². The van der Waals surface area contributed by atoms with E-state index in [1.54, 1.807) is 22.8 Å². The summed E-state index contributed by atoms with van der Waals surface area (Å²) in [5, 5.41) is 10.4. The second-order valence-electron chi connectivity index (χ2n) is 7.15. The lowest BCUT2D eigenvalue weighted by Crippen LogP contribution is -2.27. The Morgan fingerprint density at radius 2 is 1.74 bits per heavy atom. The molecule has 0 aliphatic carbocycles. The van der Waals surface area contributed by atoms with Crippen LogP contribution < -0.4 is 5.56 Å². The molecule has 4 heteroatoms. The molecule has 0 saturated heterocycles. The average molecular weight is 362 g/mol. The molecule has 4 nitrogen and oxygen atoms in total. The number of phenolic OH excluding ortho intramolecular Hbond substituents is 1. The van der Waals surface area contributed by atoms with Gasteiger partial charge in [-0.25, -0.2) is 4.98 Å². The maximum atomic E-state index is 13.3. The zero-order valence-corrected chi connectivity index (χ0v) is 16.4. The highest BCUT2D eigenvalue weighted by Crippen LogP contribution is 2.29. The first-order chi connectivity index (χ1) is 12.9. The fourth-order valence-corrected chi connectivity index (χ4v) is 3.29. The molecule has 140 valence electrons. The zero-order valence-electron chi connectivity index (χ0n) is 16.4. The number of hydrogen-bond donors (Lipinski definition) is 1. The topological polar surface area (TPSA) is 55.1 Å². The Morgan fingerprint density at radius 1 is 1.07 bits per heavy atom. The van der Waals surface area contributed by atoms with Gasteiger partial charge >= 0.3 is 0 Å². The van der Waals surface area contributed by atoms with Gasteiger partial charge in [-0.05, 0) is 49.1 Å². The van der Waals surface area contributed by atoms with Crippen molar-refractivity contribution in [2.45, 2.75) is 46.5 Å². The molecule has 0 amide bonds. The molecule has 27 heavy (non-hydrogen) atoms. The number of aryl methyl sites for hydroxylation is 1. The standard InChI is InChI=1S/C23H26N2O2/c1-5-8-19-16(4)24-22(20-9-6-7-10-21(20)26)25(23(19)27)18-13-11-17(12-14-18)15(2)3/h6-7,9-15,26H,5,8H2,1-4H3. The van der Waals surface area contributed by atoms with Crippen LogP contribution in [0.2, 0.25) is 0 Å². The van der Waals surface area contributed by atoms with Gasteiger partial charge in [0, 0.05) is 11.3 Å². The Morgan fingerprint density at radius 3 is 2.33 bits per heavy atom. The molecule has 2 aromatic carbocycles. The van der Waals surface area contributed by atoms with Crippen LogP contribution in [0.25, 0.3) is 17.1 Å². The van der Waals surface area contributed by atoms with Gasteiger partial charge in [0.2, 0.25) is 0 Å². The summed E-state index contributed by atoms with van der Waals surface area (Å²) in [7, 11) is 0. The SMILES string of the molecule is CCCc1c(C)nc(-c2ccccc2O)n(-c2ccc(C(C)C)cc2)c1=O. The quantitative estimate of drug-likeness (QED) is 0.696. The number of aromatic hydroxyl groups is 1. The van der Waals surface area contributed by atoms with Gasteiger partial charge < -0.3 is 5.11 Å². The van der Waals surface area contributed by atoms with Gasteiger partial charge in [0.15, 0.2) is 5.82 Å². The third-order valence-electron chi connectivity index (χ3n) is 4.85. The smallest absolute Gasteiger partial charge is 0.261 e. The summed E-state index contributed by atoms with van der Waals surface area (Å²) in [6, 6.07) is 15.0. The van der Waals surface area contributed by atoms with E-state index in [4.69, 9.17) is 4.98 Å². The minimum atomic E-state index is -0.0695. The van der Waals surface area contributed by atoms with E-state index >= 15 is 0 Å². The van der Waals surface area contributed by atoms with Crippen LogP contribution >= 0.6 is 0 Å². The molecule has 0 fully saturated rings. The van der Waals surface area contributed by atoms with Gasteiger partial charge in [0.25, 0.3) is 5.56 Å². The molecule has 1 aromatic heterocycles. The van der Waals surface area contributed by atoms with E-state index in [1.807, 2.05) is 37.3 Å². The van der Waals surface area contributed by atoms with Crippen LogP contribution in [-0.2, 0) is 6.42 Å². The predicted octanol–water partition coefficient (Wildman–Crippen LogP) is 4.99. The third kappa shape index (κ3) is 3.65. The minimum Gasteiger partial charge on any atom is -0.507 e.